The second-order valence-corrected chi connectivity index (χ2v) is 5.15. The van der Waals surface area contributed by atoms with Crippen LogP contribution in [-0.2, 0) is 0 Å². The van der Waals surface area contributed by atoms with Gasteiger partial charge in [0.15, 0.2) is 0 Å². The van der Waals surface area contributed by atoms with Gasteiger partial charge in [-0.2, -0.15) is 0 Å². The summed E-state index contributed by atoms with van der Waals surface area (Å²) in [6, 6.07) is 0. The Bertz CT molecular complexity index is 59.5. The zero-order valence-electron chi connectivity index (χ0n) is 5.28. The molecule has 0 aromatic rings. The first kappa shape index (κ1) is 6.81. The van der Waals surface area contributed by atoms with E-state index in [0.29, 0.717) is 21.2 Å². The third kappa shape index (κ3) is 1.90. The van der Waals surface area contributed by atoms with E-state index in [9.17, 15) is 0 Å². The van der Waals surface area contributed by atoms with Crippen LogP contribution >= 0.6 is 0 Å². The molecule has 0 aromatic heterocycles. The molecule has 0 saturated carbocycles. The maximum atomic E-state index is 3.37. The van der Waals surface area contributed by atoms with Crippen LogP contribution in [0.1, 0.15) is 12.8 Å². The molecule has 1 rings (SSSR count). The van der Waals surface area contributed by atoms with Crippen molar-refractivity contribution >= 4 is 0 Å². The molecule has 1 saturated heterocycles. The molecule has 50 valence electrons. The molecule has 0 radical (unpaired) electrons. The van der Waals surface area contributed by atoms with Gasteiger partial charge in [-0.3, -0.25) is 0 Å². The first-order valence-electron chi connectivity index (χ1n) is 3.12. The van der Waals surface area contributed by atoms with Gasteiger partial charge in [0.1, 0.15) is 0 Å². The molecule has 8 heavy (non-hydrogen) atoms. The molecule has 0 amide bonds. The minimum atomic E-state index is 0.546. The van der Waals surface area contributed by atoms with Gasteiger partial charge in [0, 0.05) is 0 Å². The number of halogens is 1. The fourth-order valence-electron chi connectivity index (χ4n) is 1.00. The molecule has 2 heteroatoms. The summed E-state index contributed by atoms with van der Waals surface area (Å²) in [5.41, 5.74) is 0. The van der Waals surface area contributed by atoms with Crippen molar-refractivity contribution in [3.63, 3.8) is 0 Å². The van der Waals surface area contributed by atoms with Crippen LogP contribution in [0.3, 0.4) is 0 Å². The Morgan fingerprint density at radius 2 is 2.00 bits per heavy atom. The summed E-state index contributed by atoms with van der Waals surface area (Å²) in [4.78, 5) is 2.40. The Balaban J connectivity index is 2.13. The van der Waals surface area contributed by atoms with Crippen LogP contribution in [0.25, 0.3) is 0 Å². The minimum absolute atomic E-state index is 0.546. The van der Waals surface area contributed by atoms with Crippen LogP contribution in [-0.4, -0.2) is 21.9 Å². The fraction of sp³-hybridized carbons (Fsp3) is 1.00. The van der Waals surface area contributed by atoms with E-state index in [0.717, 1.165) is 3.92 Å². The third-order valence-corrected chi connectivity index (χ3v) is 4.58. The molecule has 0 bridgehead atoms. The van der Waals surface area contributed by atoms with E-state index in [1.54, 1.807) is 0 Å². The van der Waals surface area contributed by atoms with Gasteiger partial charge in [-0.05, 0) is 0 Å². The topological polar surface area (TPSA) is 12.0 Å². The van der Waals surface area contributed by atoms with E-state index in [1.165, 1.54) is 25.9 Å². The van der Waals surface area contributed by atoms with Crippen LogP contribution in [0.15, 0.2) is 0 Å². The van der Waals surface area contributed by atoms with Crippen molar-refractivity contribution in [3.8, 4) is 0 Å². The van der Waals surface area contributed by atoms with Crippen molar-refractivity contribution in [1.82, 2.24) is 5.32 Å². The second kappa shape index (κ2) is 3.67. The molecular weight excluding hydrogens is 213 g/mol. The van der Waals surface area contributed by atoms with Gasteiger partial charge in [-0.15, -0.1) is 0 Å². The van der Waals surface area contributed by atoms with Gasteiger partial charge in [0.25, 0.3) is 0 Å². The Hall–Kier alpha value is 0.690. The molecule has 1 N–H and O–H groups in total. The Labute approximate surface area is 61.5 Å². The van der Waals surface area contributed by atoms with Crippen LogP contribution in [0.4, 0.5) is 0 Å². The first-order valence-corrected chi connectivity index (χ1v) is 6.52. The summed E-state index contributed by atoms with van der Waals surface area (Å²) in [6.45, 7) is 2.55. The quantitative estimate of drug-likeness (QED) is 0.383. The van der Waals surface area contributed by atoms with Gasteiger partial charge in [-0.25, -0.2) is 0 Å². The standard InChI is InChI=1S/C6H13IN/c1-7-6-2-4-8-5-3-6/h6,8H,2-5H2,1H3/q-1. The van der Waals surface area contributed by atoms with Gasteiger partial charge in [0.05, 0.1) is 0 Å². The van der Waals surface area contributed by atoms with E-state index in [1.807, 2.05) is 0 Å². The van der Waals surface area contributed by atoms with Crippen molar-refractivity contribution in [2.24, 2.45) is 0 Å². The normalized spacial score (nSPS) is 24.1. The van der Waals surface area contributed by atoms with E-state index >= 15 is 0 Å². The first-order chi connectivity index (χ1) is 3.93. The monoisotopic (exact) mass is 226 g/mol. The summed E-state index contributed by atoms with van der Waals surface area (Å²) < 4.78 is 1.13. The number of alkyl halides is 2. The molecule has 1 aliphatic rings. The molecule has 1 fully saturated rings. The summed E-state index contributed by atoms with van der Waals surface area (Å²) >= 11 is 0.546. The van der Waals surface area contributed by atoms with Crippen LogP contribution < -0.4 is 26.5 Å². The molecule has 1 aliphatic heterocycles. The van der Waals surface area contributed by atoms with E-state index in [4.69, 9.17) is 0 Å². The van der Waals surface area contributed by atoms with Crippen molar-refractivity contribution < 1.29 is 21.2 Å². The van der Waals surface area contributed by atoms with Crippen molar-refractivity contribution in [1.29, 1.82) is 0 Å². The average molecular weight is 226 g/mol. The summed E-state index contributed by atoms with van der Waals surface area (Å²) in [5, 5.41) is 3.37. The van der Waals surface area contributed by atoms with Crippen molar-refractivity contribution in [2.75, 3.05) is 18.0 Å². The summed E-state index contributed by atoms with van der Waals surface area (Å²) in [7, 11) is 0. The van der Waals surface area contributed by atoms with Gasteiger partial charge >= 0.3 is 61.3 Å². The van der Waals surface area contributed by atoms with Gasteiger partial charge in [0.2, 0.25) is 0 Å². The van der Waals surface area contributed by atoms with Crippen LogP contribution in [0, 0.1) is 0 Å². The van der Waals surface area contributed by atoms with Crippen molar-refractivity contribution in [3.05, 3.63) is 0 Å². The maximum absolute atomic E-state index is 3.37. The zero-order chi connectivity index (χ0) is 5.82. The third-order valence-electron chi connectivity index (χ3n) is 1.58. The van der Waals surface area contributed by atoms with Crippen LogP contribution in [0.2, 0.25) is 0 Å². The molecule has 1 heterocycles. The van der Waals surface area contributed by atoms with Gasteiger partial charge in [-0.1, -0.05) is 0 Å². The Kier molecular flexibility index (Phi) is 3.12. The number of hydrogen-bond donors (Lipinski definition) is 1. The molecule has 0 unspecified atom stereocenters. The summed E-state index contributed by atoms with van der Waals surface area (Å²) in [5.74, 6) is 0. The van der Waals surface area contributed by atoms with E-state index in [2.05, 4.69) is 10.2 Å². The predicted octanol–water partition coefficient (Wildman–Crippen LogP) is -2.54. The fourth-order valence-corrected chi connectivity index (χ4v) is 2.87. The number of piperidine rings is 1. The van der Waals surface area contributed by atoms with E-state index in [-0.39, 0.29) is 0 Å². The zero-order valence-corrected chi connectivity index (χ0v) is 7.44. The Morgan fingerprint density at radius 1 is 1.38 bits per heavy atom. The molecular formula is C6H13IN-. The number of nitrogens with one attached hydrogen (secondary N) is 1. The van der Waals surface area contributed by atoms with Gasteiger partial charge < -0.3 is 0 Å². The number of rotatable bonds is 1. The van der Waals surface area contributed by atoms with E-state index < -0.39 is 0 Å². The molecule has 0 aromatic carbocycles. The summed E-state index contributed by atoms with van der Waals surface area (Å²) in [6.07, 6.45) is 2.90. The molecule has 0 aliphatic carbocycles. The molecule has 0 spiro atoms. The average Bonchev–Trinajstić information content (AvgIpc) is 1.90. The van der Waals surface area contributed by atoms with Crippen molar-refractivity contribution in [2.45, 2.75) is 16.8 Å². The van der Waals surface area contributed by atoms with Crippen LogP contribution in [0.5, 0.6) is 0 Å². The SMILES string of the molecule is C[I-]C1CCNCC1. The Morgan fingerprint density at radius 3 is 2.38 bits per heavy atom. The molecule has 0 atom stereocenters. The number of hydrogen-bond acceptors (Lipinski definition) is 1. The molecule has 1 nitrogen and oxygen atoms in total. The predicted molar refractivity (Wildman–Crippen MR) is 31.8 cm³/mol. The second-order valence-electron chi connectivity index (χ2n) is 2.14.